The van der Waals surface area contributed by atoms with Crippen molar-refractivity contribution in [3.63, 3.8) is 0 Å². The summed E-state index contributed by atoms with van der Waals surface area (Å²) in [6.07, 6.45) is 1.46. The van der Waals surface area contributed by atoms with Gasteiger partial charge in [0.05, 0.1) is 12.6 Å². The van der Waals surface area contributed by atoms with Crippen molar-refractivity contribution in [3.05, 3.63) is 0 Å². The van der Waals surface area contributed by atoms with E-state index in [-0.39, 0.29) is 24.2 Å². The van der Waals surface area contributed by atoms with Gasteiger partial charge in [0, 0.05) is 6.54 Å². The Hall–Kier alpha value is -0.320. The first kappa shape index (κ1) is 17.1. The predicted octanol–water partition coefficient (Wildman–Crippen LogP) is 0.541. The van der Waals surface area contributed by atoms with Crippen molar-refractivity contribution in [1.82, 2.24) is 10.6 Å². The van der Waals surface area contributed by atoms with E-state index in [1.54, 1.807) is 7.05 Å². The molecular formula is C10H23ClN2O2. The molecule has 0 aliphatic carbocycles. The van der Waals surface area contributed by atoms with Gasteiger partial charge in [-0.05, 0) is 13.0 Å². The summed E-state index contributed by atoms with van der Waals surface area (Å²) in [5.74, 6) is 0.211. The zero-order valence-corrected chi connectivity index (χ0v) is 10.6. The van der Waals surface area contributed by atoms with E-state index in [4.69, 9.17) is 0 Å². The van der Waals surface area contributed by atoms with Crippen LogP contribution in [-0.4, -0.2) is 37.3 Å². The lowest BCUT2D eigenvalue weighted by Gasteiger charge is -2.20. The third-order valence-corrected chi connectivity index (χ3v) is 2.44. The van der Waals surface area contributed by atoms with Crippen molar-refractivity contribution in [3.8, 4) is 0 Å². The minimum Gasteiger partial charge on any atom is -0.391 e. The lowest BCUT2D eigenvalue weighted by Crippen LogP contribution is -2.39. The molecule has 0 heterocycles. The zero-order chi connectivity index (χ0) is 11.0. The van der Waals surface area contributed by atoms with Gasteiger partial charge in [0.25, 0.3) is 0 Å². The predicted molar refractivity (Wildman–Crippen MR) is 64.3 cm³/mol. The fourth-order valence-corrected chi connectivity index (χ4v) is 1.44. The number of carbonyl (C=O) groups excluding carboxylic acids is 1. The molecule has 0 saturated heterocycles. The van der Waals surface area contributed by atoms with E-state index in [2.05, 4.69) is 10.6 Å². The van der Waals surface area contributed by atoms with Crippen LogP contribution in [0.15, 0.2) is 0 Å². The lowest BCUT2D eigenvalue weighted by molar-refractivity contribution is -0.120. The van der Waals surface area contributed by atoms with Gasteiger partial charge >= 0.3 is 0 Å². The molecule has 0 aliphatic rings. The van der Waals surface area contributed by atoms with Crippen molar-refractivity contribution in [2.75, 3.05) is 20.1 Å². The van der Waals surface area contributed by atoms with Crippen molar-refractivity contribution < 1.29 is 9.90 Å². The Morgan fingerprint density at radius 3 is 2.27 bits per heavy atom. The second-order valence-corrected chi connectivity index (χ2v) is 3.48. The minimum atomic E-state index is -0.425. The number of amides is 1. The van der Waals surface area contributed by atoms with Crippen LogP contribution in [0.4, 0.5) is 0 Å². The molecule has 0 fully saturated rings. The van der Waals surface area contributed by atoms with E-state index in [0.717, 1.165) is 12.8 Å². The number of halogens is 1. The molecule has 0 spiro atoms. The van der Waals surface area contributed by atoms with Crippen LogP contribution >= 0.6 is 12.4 Å². The number of hydrogen-bond acceptors (Lipinski definition) is 3. The Morgan fingerprint density at radius 1 is 1.33 bits per heavy atom. The van der Waals surface area contributed by atoms with Gasteiger partial charge in [-0.1, -0.05) is 26.7 Å². The molecule has 92 valence electrons. The Balaban J connectivity index is 0. The molecule has 0 rings (SSSR count). The first-order chi connectivity index (χ1) is 6.65. The number of nitrogens with one attached hydrogen (secondary N) is 2. The van der Waals surface area contributed by atoms with E-state index in [1.807, 2.05) is 13.8 Å². The third kappa shape index (κ3) is 7.59. The maximum absolute atomic E-state index is 11.1. The summed E-state index contributed by atoms with van der Waals surface area (Å²) in [6.45, 7) is 4.75. The number of carbonyl (C=O) groups is 1. The van der Waals surface area contributed by atoms with E-state index in [9.17, 15) is 9.90 Å². The first-order valence-electron chi connectivity index (χ1n) is 5.25. The molecule has 15 heavy (non-hydrogen) atoms. The fourth-order valence-electron chi connectivity index (χ4n) is 1.44. The fraction of sp³-hybridized carbons (Fsp3) is 0.900. The van der Waals surface area contributed by atoms with Crippen LogP contribution in [0, 0.1) is 5.92 Å². The Morgan fingerprint density at radius 2 is 1.87 bits per heavy atom. The van der Waals surface area contributed by atoms with Crippen molar-refractivity contribution in [2.24, 2.45) is 5.92 Å². The molecule has 0 aliphatic heterocycles. The van der Waals surface area contributed by atoms with Gasteiger partial charge in [0.2, 0.25) is 5.91 Å². The topological polar surface area (TPSA) is 61.4 Å². The highest BCUT2D eigenvalue weighted by Crippen LogP contribution is 2.11. The van der Waals surface area contributed by atoms with Crippen LogP contribution < -0.4 is 10.6 Å². The molecule has 0 aromatic rings. The highest BCUT2D eigenvalue weighted by molar-refractivity contribution is 5.85. The number of likely N-dealkylation sites (N-methyl/N-ethyl adjacent to an activating group) is 1. The van der Waals surface area contributed by atoms with Gasteiger partial charge in [-0.2, -0.15) is 0 Å². The van der Waals surface area contributed by atoms with Gasteiger partial charge < -0.3 is 15.7 Å². The summed E-state index contributed by atoms with van der Waals surface area (Å²) in [4.78, 5) is 11.1. The summed E-state index contributed by atoms with van der Waals surface area (Å²) in [5, 5.41) is 15.1. The molecule has 1 amide bonds. The second kappa shape index (κ2) is 10.2. The van der Waals surface area contributed by atoms with Crippen LogP contribution in [0.1, 0.15) is 26.7 Å². The third-order valence-electron chi connectivity index (χ3n) is 2.44. The maximum Gasteiger partial charge on any atom is 0.234 e. The molecule has 0 bridgehead atoms. The molecule has 0 radical (unpaired) electrons. The standard InChI is InChI=1S/C10H22N2O2.ClH/c1-4-8(5-2)9(13)6-12-10(14)7-11-3;/h8-9,11,13H,4-7H2,1-3H3,(H,12,14);1H. The lowest BCUT2D eigenvalue weighted by atomic mass is 9.96. The van der Waals surface area contributed by atoms with E-state index >= 15 is 0 Å². The van der Waals surface area contributed by atoms with Crippen LogP contribution in [0.2, 0.25) is 0 Å². The van der Waals surface area contributed by atoms with Gasteiger partial charge in [-0.25, -0.2) is 0 Å². The van der Waals surface area contributed by atoms with E-state index in [1.165, 1.54) is 0 Å². The summed E-state index contributed by atoms with van der Waals surface area (Å²) < 4.78 is 0. The molecule has 1 unspecified atom stereocenters. The van der Waals surface area contributed by atoms with Gasteiger partial charge in [-0.3, -0.25) is 4.79 Å². The number of rotatable bonds is 7. The Bertz CT molecular complexity index is 164. The summed E-state index contributed by atoms with van der Waals surface area (Å²) in [7, 11) is 1.72. The van der Waals surface area contributed by atoms with Gasteiger partial charge in [-0.15, -0.1) is 12.4 Å². The number of aliphatic hydroxyl groups excluding tert-OH is 1. The summed E-state index contributed by atoms with van der Waals surface area (Å²) in [6, 6.07) is 0. The smallest absolute Gasteiger partial charge is 0.234 e. The summed E-state index contributed by atoms with van der Waals surface area (Å²) in [5.41, 5.74) is 0. The molecule has 5 heteroatoms. The average Bonchev–Trinajstić information content (AvgIpc) is 2.17. The molecule has 0 aromatic heterocycles. The molecule has 4 nitrogen and oxygen atoms in total. The zero-order valence-electron chi connectivity index (χ0n) is 9.75. The molecule has 0 saturated carbocycles. The minimum absolute atomic E-state index is 0. The van der Waals surface area contributed by atoms with Crippen LogP contribution in [0.25, 0.3) is 0 Å². The highest BCUT2D eigenvalue weighted by atomic mass is 35.5. The van der Waals surface area contributed by atoms with Gasteiger partial charge in [0.15, 0.2) is 0 Å². The normalized spacial score (nSPS) is 12.1. The van der Waals surface area contributed by atoms with E-state index in [0.29, 0.717) is 13.1 Å². The molecular weight excluding hydrogens is 216 g/mol. The SMILES string of the molecule is CCC(CC)C(O)CNC(=O)CNC.Cl. The Kier molecular flexibility index (Phi) is 11.6. The van der Waals surface area contributed by atoms with Gasteiger partial charge in [0.1, 0.15) is 0 Å². The maximum atomic E-state index is 11.1. The highest BCUT2D eigenvalue weighted by Gasteiger charge is 2.15. The molecule has 1 atom stereocenters. The quantitative estimate of drug-likeness (QED) is 0.607. The average molecular weight is 239 g/mol. The monoisotopic (exact) mass is 238 g/mol. The van der Waals surface area contributed by atoms with Crippen molar-refractivity contribution >= 4 is 18.3 Å². The van der Waals surface area contributed by atoms with Crippen molar-refractivity contribution in [2.45, 2.75) is 32.8 Å². The largest absolute Gasteiger partial charge is 0.391 e. The van der Waals surface area contributed by atoms with Crippen LogP contribution in [0.3, 0.4) is 0 Å². The van der Waals surface area contributed by atoms with Crippen LogP contribution in [0.5, 0.6) is 0 Å². The Labute approximate surface area is 98.2 Å². The first-order valence-corrected chi connectivity index (χ1v) is 5.25. The van der Waals surface area contributed by atoms with E-state index < -0.39 is 6.10 Å². The molecule has 0 aromatic carbocycles. The second-order valence-electron chi connectivity index (χ2n) is 3.48. The molecule has 3 N–H and O–H groups in total. The van der Waals surface area contributed by atoms with Crippen LogP contribution in [-0.2, 0) is 4.79 Å². The summed E-state index contributed by atoms with van der Waals surface area (Å²) >= 11 is 0. The van der Waals surface area contributed by atoms with Crippen molar-refractivity contribution in [1.29, 1.82) is 0 Å². The number of aliphatic hydroxyl groups is 1. The number of hydrogen-bond donors (Lipinski definition) is 3.